The number of thiophene rings is 1. The van der Waals surface area contributed by atoms with Gasteiger partial charge in [-0.2, -0.15) is 0 Å². The van der Waals surface area contributed by atoms with E-state index < -0.39 is 5.97 Å². The molecule has 1 heterocycles. The number of hydrazine groups is 1. The molecule has 1 aromatic heterocycles. The third-order valence-electron chi connectivity index (χ3n) is 2.04. The maximum Gasteiger partial charge on any atom is 0.326 e. The normalized spacial score (nSPS) is 11.4. The van der Waals surface area contributed by atoms with E-state index in [9.17, 15) is 4.79 Å². The fourth-order valence-corrected chi connectivity index (χ4v) is 3.02. The number of rotatable bonds is 7. The quantitative estimate of drug-likeness (QED) is 0.297. The van der Waals surface area contributed by atoms with Gasteiger partial charge in [-0.15, -0.1) is 11.3 Å². The SMILES string of the molecule is COC(=O)CN(N)/C=C(\N)CNSc1ccc(C)s1. The van der Waals surface area contributed by atoms with E-state index in [1.165, 1.54) is 39.4 Å². The Morgan fingerprint density at radius 1 is 1.63 bits per heavy atom. The van der Waals surface area contributed by atoms with Crippen LogP contribution < -0.4 is 16.3 Å². The number of carbonyl (C=O) groups is 1. The molecule has 106 valence electrons. The molecular weight excluding hydrogens is 284 g/mol. The van der Waals surface area contributed by atoms with Crippen LogP contribution >= 0.6 is 23.3 Å². The summed E-state index contributed by atoms with van der Waals surface area (Å²) in [5.41, 5.74) is 6.31. The van der Waals surface area contributed by atoms with E-state index >= 15 is 0 Å². The van der Waals surface area contributed by atoms with E-state index in [0.29, 0.717) is 12.2 Å². The van der Waals surface area contributed by atoms with Crippen LogP contribution in [0, 0.1) is 6.92 Å². The summed E-state index contributed by atoms with van der Waals surface area (Å²) in [5, 5.41) is 1.20. The molecule has 0 fully saturated rings. The molecule has 0 aliphatic rings. The van der Waals surface area contributed by atoms with Crippen molar-refractivity contribution in [3.63, 3.8) is 0 Å². The Balaban J connectivity index is 2.29. The number of nitrogens with zero attached hydrogens (tertiary/aromatic N) is 1. The number of aryl methyl sites for hydroxylation is 1. The van der Waals surface area contributed by atoms with Gasteiger partial charge in [-0.1, -0.05) is 0 Å². The molecule has 0 radical (unpaired) electrons. The van der Waals surface area contributed by atoms with E-state index in [1.807, 2.05) is 6.07 Å². The van der Waals surface area contributed by atoms with Crippen molar-refractivity contribution in [3.05, 3.63) is 28.9 Å². The van der Waals surface area contributed by atoms with Gasteiger partial charge in [0.1, 0.15) is 6.54 Å². The van der Waals surface area contributed by atoms with Gasteiger partial charge in [0.25, 0.3) is 0 Å². The first-order chi connectivity index (χ1) is 9.01. The fraction of sp³-hybridized carbons (Fsp3) is 0.364. The number of ether oxygens (including phenoxy) is 1. The Bertz CT molecular complexity index is 448. The highest BCUT2D eigenvalue weighted by molar-refractivity contribution is 7.99. The van der Waals surface area contributed by atoms with Crippen LogP contribution in [0.3, 0.4) is 0 Å². The predicted molar refractivity (Wildman–Crippen MR) is 78.1 cm³/mol. The lowest BCUT2D eigenvalue weighted by molar-refractivity contribution is -0.141. The van der Waals surface area contributed by atoms with Crippen LogP contribution in [0.5, 0.6) is 0 Å². The standard InChI is InChI=1S/C11H18N4O2S2/c1-8-3-4-11(18-8)19-14-5-9(12)6-15(13)7-10(16)17-2/h3-4,6,14H,5,7,12-13H2,1-2H3/b9-6-. The molecule has 19 heavy (non-hydrogen) atoms. The molecule has 1 aromatic rings. The minimum atomic E-state index is -0.414. The Hall–Kier alpha value is -1.22. The summed E-state index contributed by atoms with van der Waals surface area (Å²) in [5.74, 6) is 5.17. The first kappa shape index (κ1) is 15.8. The van der Waals surface area contributed by atoms with Crippen LogP contribution in [0.1, 0.15) is 4.88 Å². The minimum Gasteiger partial charge on any atom is -0.468 e. The lowest BCUT2D eigenvalue weighted by Gasteiger charge is -2.13. The van der Waals surface area contributed by atoms with E-state index in [-0.39, 0.29) is 6.54 Å². The smallest absolute Gasteiger partial charge is 0.326 e. The van der Waals surface area contributed by atoms with E-state index in [1.54, 1.807) is 11.3 Å². The summed E-state index contributed by atoms with van der Waals surface area (Å²) >= 11 is 3.22. The van der Waals surface area contributed by atoms with Crippen LogP contribution in [-0.2, 0) is 9.53 Å². The number of hydrogen-bond acceptors (Lipinski definition) is 8. The van der Waals surface area contributed by atoms with Crippen molar-refractivity contribution < 1.29 is 9.53 Å². The average molecular weight is 302 g/mol. The van der Waals surface area contributed by atoms with Gasteiger partial charge in [-0.05, 0) is 31.0 Å². The summed E-state index contributed by atoms with van der Waals surface area (Å²) < 4.78 is 8.79. The van der Waals surface area contributed by atoms with Gasteiger partial charge >= 0.3 is 5.97 Å². The number of carbonyl (C=O) groups excluding carboxylic acids is 1. The Kier molecular flexibility index (Phi) is 6.71. The maximum atomic E-state index is 11.0. The number of esters is 1. The number of hydrogen-bond donors (Lipinski definition) is 3. The van der Waals surface area contributed by atoms with Gasteiger partial charge in [-0.25, -0.2) is 5.84 Å². The Morgan fingerprint density at radius 3 is 2.95 bits per heavy atom. The first-order valence-electron chi connectivity index (χ1n) is 5.51. The lowest BCUT2D eigenvalue weighted by atomic mass is 10.5. The largest absolute Gasteiger partial charge is 0.468 e. The molecule has 0 amide bonds. The van der Waals surface area contributed by atoms with Crippen molar-refractivity contribution in [3.8, 4) is 0 Å². The van der Waals surface area contributed by atoms with Crippen molar-refractivity contribution in [2.45, 2.75) is 11.1 Å². The summed E-state index contributed by atoms with van der Waals surface area (Å²) in [7, 11) is 1.31. The lowest BCUT2D eigenvalue weighted by Crippen LogP contribution is -2.33. The summed E-state index contributed by atoms with van der Waals surface area (Å²) in [6.45, 7) is 2.49. The van der Waals surface area contributed by atoms with Crippen LogP contribution in [0.15, 0.2) is 28.2 Å². The molecule has 1 rings (SSSR count). The van der Waals surface area contributed by atoms with E-state index in [2.05, 4.69) is 22.4 Å². The molecule has 0 aliphatic carbocycles. The molecule has 0 saturated heterocycles. The van der Waals surface area contributed by atoms with Crippen LogP contribution in [0.4, 0.5) is 0 Å². The van der Waals surface area contributed by atoms with Crippen LogP contribution in [0.25, 0.3) is 0 Å². The Labute approximate surface area is 120 Å². The average Bonchev–Trinajstić information content (AvgIpc) is 2.74. The second-order valence-electron chi connectivity index (χ2n) is 3.74. The zero-order chi connectivity index (χ0) is 14.3. The van der Waals surface area contributed by atoms with Crippen molar-refractivity contribution in [2.75, 3.05) is 20.2 Å². The summed E-state index contributed by atoms with van der Waals surface area (Å²) in [4.78, 5) is 12.2. The molecule has 0 unspecified atom stereocenters. The molecule has 6 nitrogen and oxygen atoms in total. The van der Waals surface area contributed by atoms with Gasteiger partial charge in [-0.3, -0.25) is 9.52 Å². The molecule has 5 N–H and O–H groups in total. The van der Waals surface area contributed by atoms with Crippen molar-refractivity contribution in [2.24, 2.45) is 11.6 Å². The van der Waals surface area contributed by atoms with Crippen LogP contribution in [-0.4, -0.2) is 31.2 Å². The molecule has 0 spiro atoms. The number of methoxy groups -OCH3 is 1. The van der Waals surface area contributed by atoms with Gasteiger partial charge in [0.15, 0.2) is 0 Å². The van der Waals surface area contributed by atoms with Gasteiger partial charge in [0.05, 0.1) is 11.3 Å². The second kappa shape index (κ2) is 8.05. The van der Waals surface area contributed by atoms with Gasteiger partial charge in [0, 0.05) is 23.3 Å². The third kappa shape index (κ3) is 6.48. The van der Waals surface area contributed by atoms with Crippen molar-refractivity contribution in [1.82, 2.24) is 9.73 Å². The molecule has 0 aromatic carbocycles. The van der Waals surface area contributed by atoms with E-state index in [0.717, 1.165) is 0 Å². The fourth-order valence-electron chi connectivity index (χ4n) is 1.18. The maximum absolute atomic E-state index is 11.0. The molecule has 8 heteroatoms. The predicted octanol–water partition coefficient (Wildman–Crippen LogP) is 0.802. The molecular formula is C11H18N4O2S2. The number of nitrogens with one attached hydrogen (secondary N) is 1. The van der Waals surface area contributed by atoms with E-state index in [4.69, 9.17) is 11.6 Å². The van der Waals surface area contributed by atoms with Crippen molar-refractivity contribution >= 4 is 29.3 Å². The molecule has 0 aliphatic heterocycles. The molecule has 0 saturated carbocycles. The topological polar surface area (TPSA) is 93.6 Å². The van der Waals surface area contributed by atoms with Gasteiger partial charge in [0.2, 0.25) is 0 Å². The minimum absolute atomic E-state index is 0.0333. The zero-order valence-electron chi connectivity index (χ0n) is 10.9. The molecule has 0 bridgehead atoms. The summed E-state index contributed by atoms with van der Waals surface area (Å²) in [6.07, 6.45) is 1.50. The third-order valence-corrected chi connectivity index (χ3v) is 3.96. The van der Waals surface area contributed by atoms with Crippen LogP contribution in [0.2, 0.25) is 0 Å². The van der Waals surface area contributed by atoms with Crippen molar-refractivity contribution in [1.29, 1.82) is 0 Å². The zero-order valence-corrected chi connectivity index (χ0v) is 12.5. The highest BCUT2D eigenvalue weighted by Crippen LogP contribution is 2.24. The monoisotopic (exact) mass is 302 g/mol. The highest BCUT2D eigenvalue weighted by Gasteiger charge is 2.04. The highest BCUT2D eigenvalue weighted by atomic mass is 32.2. The van der Waals surface area contributed by atoms with Gasteiger partial charge < -0.3 is 15.5 Å². The second-order valence-corrected chi connectivity index (χ2v) is 6.22. The Morgan fingerprint density at radius 2 is 2.37 bits per heavy atom. The first-order valence-corrected chi connectivity index (χ1v) is 7.15. The summed E-state index contributed by atoms with van der Waals surface area (Å²) in [6, 6.07) is 4.11. The molecule has 0 atom stereocenters. The number of nitrogens with two attached hydrogens (primary N) is 2.